The number of likely N-dealkylation sites (tertiary alicyclic amines) is 1. The van der Waals surface area contributed by atoms with E-state index in [0.29, 0.717) is 25.7 Å². The number of methoxy groups -OCH3 is 1. The number of halogens is 1. The van der Waals surface area contributed by atoms with Gasteiger partial charge in [0.25, 0.3) is 0 Å². The van der Waals surface area contributed by atoms with Gasteiger partial charge in [0.15, 0.2) is 5.96 Å². The van der Waals surface area contributed by atoms with E-state index >= 15 is 0 Å². The Morgan fingerprint density at radius 1 is 1.19 bits per heavy atom. The van der Waals surface area contributed by atoms with Crippen LogP contribution in [0, 0.1) is 5.41 Å². The van der Waals surface area contributed by atoms with E-state index in [1.165, 1.54) is 25.7 Å². The van der Waals surface area contributed by atoms with E-state index in [1.54, 1.807) is 31.0 Å². The molecule has 9 nitrogen and oxygen atoms in total. The van der Waals surface area contributed by atoms with Crippen LogP contribution >= 0.6 is 24.0 Å². The summed E-state index contributed by atoms with van der Waals surface area (Å²) in [6, 6.07) is 0.199. The van der Waals surface area contributed by atoms with Crippen LogP contribution in [0.4, 0.5) is 4.79 Å². The van der Waals surface area contributed by atoms with Crippen molar-refractivity contribution < 1.29 is 19.1 Å². The van der Waals surface area contributed by atoms with Gasteiger partial charge >= 0.3 is 6.09 Å². The Labute approximate surface area is 210 Å². The number of carbonyl (C=O) groups excluding carboxylic acids is 2. The van der Waals surface area contributed by atoms with Crippen molar-refractivity contribution in [3.05, 3.63) is 0 Å². The molecule has 32 heavy (non-hydrogen) atoms. The van der Waals surface area contributed by atoms with E-state index < -0.39 is 0 Å². The Balaban J connectivity index is 0.00000512. The van der Waals surface area contributed by atoms with Gasteiger partial charge in [0.05, 0.1) is 6.61 Å². The van der Waals surface area contributed by atoms with Crippen molar-refractivity contribution in [3.63, 3.8) is 0 Å². The summed E-state index contributed by atoms with van der Waals surface area (Å²) in [6.07, 6.45) is 7.28. The topological polar surface area (TPSA) is 95.5 Å². The first-order valence-corrected chi connectivity index (χ1v) is 11.5. The molecule has 0 radical (unpaired) electrons. The minimum absolute atomic E-state index is 0. The Morgan fingerprint density at radius 2 is 1.84 bits per heavy atom. The fourth-order valence-corrected chi connectivity index (χ4v) is 4.29. The normalized spacial score (nSPS) is 18.6. The molecule has 1 heterocycles. The van der Waals surface area contributed by atoms with Gasteiger partial charge < -0.3 is 29.9 Å². The number of hydrogen-bond donors (Lipinski definition) is 2. The van der Waals surface area contributed by atoms with Gasteiger partial charge in [0.1, 0.15) is 6.54 Å². The van der Waals surface area contributed by atoms with Crippen LogP contribution in [0.3, 0.4) is 0 Å². The molecule has 0 bridgehead atoms. The summed E-state index contributed by atoms with van der Waals surface area (Å²) in [7, 11) is 5.23. The number of nitrogens with zero attached hydrogens (tertiary/aromatic N) is 3. The fourth-order valence-electron chi connectivity index (χ4n) is 4.29. The van der Waals surface area contributed by atoms with Crippen molar-refractivity contribution in [2.45, 2.75) is 57.9 Å². The van der Waals surface area contributed by atoms with Crippen LogP contribution in [0.5, 0.6) is 0 Å². The van der Waals surface area contributed by atoms with Crippen LogP contribution in [0.2, 0.25) is 0 Å². The first-order valence-electron chi connectivity index (χ1n) is 11.5. The number of aliphatic imine (C=N–C) groups is 1. The van der Waals surface area contributed by atoms with E-state index in [1.807, 2.05) is 6.92 Å². The molecule has 0 unspecified atom stereocenters. The Morgan fingerprint density at radius 3 is 2.41 bits per heavy atom. The molecule has 1 saturated heterocycles. The lowest BCUT2D eigenvalue weighted by Gasteiger charge is -2.34. The average Bonchev–Trinajstić information content (AvgIpc) is 3.23. The van der Waals surface area contributed by atoms with Crippen molar-refractivity contribution in [3.8, 4) is 0 Å². The maximum absolute atomic E-state index is 12.1. The number of piperidine rings is 1. The van der Waals surface area contributed by atoms with Crippen LogP contribution < -0.4 is 10.6 Å². The third-order valence-corrected chi connectivity index (χ3v) is 6.36. The molecule has 2 amide bonds. The summed E-state index contributed by atoms with van der Waals surface area (Å²) in [5.41, 5.74) is 0.220. The Bertz CT molecular complexity index is 603. The molecule has 2 N–H and O–H groups in total. The Hall–Kier alpha value is -1.30. The highest BCUT2D eigenvalue weighted by atomic mass is 127. The van der Waals surface area contributed by atoms with Crippen LogP contribution in [0.1, 0.15) is 51.9 Å². The zero-order chi connectivity index (χ0) is 22.7. The SMILES string of the molecule is CCOC(=O)N1CCC(NC(=NCC(=O)N(C)C)NCC2(CCOC)CCCC2)CC1.I. The standard InChI is InChI=1S/C22H41N5O4.HI/c1-5-31-21(29)27-13-8-18(9-14-27)25-20(23-16-19(28)26(2)3)24-17-22(12-15-30-4)10-6-7-11-22;/h18H,5-17H2,1-4H3,(H2,23,24,25);1H. The lowest BCUT2D eigenvalue weighted by Crippen LogP contribution is -2.51. The third-order valence-electron chi connectivity index (χ3n) is 6.36. The van der Waals surface area contributed by atoms with Crippen molar-refractivity contribution in [1.82, 2.24) is 20.4 Å². The monoisotopic (exact) mass is 567 g/mol. The van der Waals surface area contributed by atoms with Gasteiger partial charge in [0.2, 0.25) is 5.91 Å². The van der Waals surface area contributed by atoms with Gasteiger partial charge in [-0.3, -0.25) is 4.79 Å². The van der Waals surface area contributed by atoms with E-state index in [2.05, 4.69) is 15.6 Å². The molecule has 186 valence electrons. The fraction of sp³-hybridized carbons (Fsp3) is 0.864. The van der Waals surface area contributed by atoms with Gasteiger partial charge in [-0.2, -0.15) is 0 Å². The summed E-state index contributed by atoms with van der Waals surface area (Å²) in [5.74, 6) is 0.640. The van der Waals surface area contributed by atoms with E-state index in [4.69, 9.17) is 9.47 Å². The summed E-state index contributed by atoms with van der Waals surface area (Å²) in [5, 5.41) is 7.01. The van der Waals surface area contributed by atoms with E-state index in [-0.39, 0.29) is 54.0 Å². The third kappa shape index (κ3) is 9.29. The lowest BCUT2D eigenvalue weighted by atomic mass is 9.83. The number of carbonyl (C=O) groups is 2. The molecule has 0 atom stereocenters. The number of hydrogen-bond acceptors (Lipinski definition) is 5. The van der Waals surface area contributed by atoms with Crippen molar-refractivity contribution in [2.75, 3.05) is 60.6 Å². The molecular formula is C22H42IN5O4. The number of guanidine groups is 1. The largest absolute Gasteiger partial charge is 0.450 e. The summed E-state index contributed by atoms with van der Waals surface area (Å²) in [4.78, 5) is 31.9. The molecule has 0 spiro atoms. The average molecular weight is 568 g/mol. The molecule has 1 aliphatic heterocycles. The lowest BCUT2D eigenvalue weighted by molar-refractivity contribution is -0.127. The minimum atomic E-state index is -0.245. The van der Waals surface area contributed by atoms with Crippen molar-refractivity contribution >= 4 is 41.9 Å². The maximum Gasteiger partial charge on any atom is 0.409 e. The highest BCUT2D eigenvalue weighted by Gasteiger charge is 2.34. The van der Waals surface area contributed by atoms with Gasteiger partial charge in [-0.25, -0.2) is 9.79 Å². The first-order chi connectivity index (χ1) is 14.9. The first kappa shape index (κ1) is 28.7. The molecule has 2 rings (SSSR count). The molecule has 10 heteroatoms. The molecule has 2 aliphatic rings. The molecule has 2 fully saturated rings. The van der Waals surface area contributed by atoms with Gasteiger partial charge in [-0.15, -0.1) is 24.0 Å². The summed E-state index contributed by atoms with van der Waals surface area (Å²) in [6.45, 7) is 5.19. The number of rotatable bonds is 9. The number of amides is 2. The molecule has 0 aromatic rings. The molecule has 0 aromatic heterocycles. The second kappa shape index (κ2) is 14.8. The zero-order valence-electron chi connectivity index (χ0n) is 20.2. The predicted octanol–water partition coefficient (Wildman–Crippen LogP) is 2.45. The van der Waals surface area contributed by atoms with Crippen LogP contribution in [0.25, 0.3) is 0 Å². The molecule has 1 aliphatic carbocycles. The van der Waals surface area contributed by atoms with Crippen LogP contribution in [-0.4, -0.2) is 94.4 Å². The molecular weight excluding hydrogens is 525 g/mol. The highest BCUT2D eigenvalue weighted by molar-refractivity contribution is 14.0. The van der Waals surface area contributed by atoms with Crippen LogP contribution in [0.15, 0.2) is 4.99 Å². The zero-order valence-corrected chi connectivity index (χ0v) is 22.5. The Kier molecular flexibility index (Phi) is 13.3. The molecule has 0 aromatic carbocycles. The van der Waals surface area contributed by atoms with Crippen molar-refractivity contribution in [2.24, 2.45) is 10.4 Å². The van der Waals surface area contributed by atoms with E-state index in [9.17, 15) is 9.59 Å². The predicted molar refractivity (Wildman–Crippen MR) is 137 cm³/mol. The van der Waals surface area contributed by atoms with E-state index in [0.717, 1.165) is 32.4 Å². The van der Waals surface area contributed by atoms with Gasteiger partial charge in [-0.1, -0.05) is 12.8 Å². The number of likely N-dealkylation sites (N-methyl/N-ethyl adjacent to an activating group) is 1. The quantitative estimate of drug-likeness (QED) is 0.253. The van der Waals surface area contributed by atoms with Gasteiger partial charge in [0, 0.05) is 53.5 Å². The van der Waals surface area contributed by atoms with Gasteiger partial charge in [-0.05, 0) is 44.4 Å². The van der Waals surface area contributed by atoms with Crippen molar-refractivity contribution in [1.29, 1.82) is 0 Å². The number of ether oxygens (including phenoxy) is 2. The number of nitrogens with one attached hydrogen (secondary N) is 2. The maximum atomic E-state index is 12.1. The smallest absolute Gasteiger partial charge is 0.409 e. The molecule has 1 saturated carbocycles. The van der Waals surface area contributed by atoms with Crippen LogP contribution in [-0.2, 0) is 14.3 Å². The summed E-state index contributed by atoms with van der Waals surface area (Å²) >= 11 is 0. The second-order valence-electron chi connectivity index (χ2n) is 8.86. The summed E-state index contributed by atoms with van der Waals surface area (Å²) < 4.78 is 10.4. The second-order valence-corrected chi connectivity index (χ2v) is 8.86. The minimum Gasteiger partial charge on any atom is -0.450 e. The highest BCUT2D eigenvalue weighted by Crippen LogP contribution is 2.40.